The summed E-state index contributed by atoms with van der Waals surface area (Å²) < 4.78 is 1.83. The van der Waals surface area contributed by atoms with Gasteiger partial charge in [0, 0.05) is 36.0 Å². The van der Waals surface area contributed by atoms with E-state index in [1.165, 1.54) is 10.9 Å². The van der Waals surface area contributed by atoms with Gasteiger partial charge in [-0.1, -0.05) is 29.8 Å². The molecular weight excluding hydrogens is 336 g/mol. The first kappa shape index (κ1) is 15.7. The van der Waals surface area contributed by atoms with Crippen LogP contribution in [-0.2, 0) is 17.6 Å². The van der Waals surface area contributed by atoms with Crippen molar-refractivity contribution in [2.24, 2.45) is 0 Å². The SMILES string of the molecule is O=C(Cc1cn2cc(Cl)ccc2n1)NCCc1c[nH]c2ccccc12. The molecular formula is C19H17ClN4O. The van der Waals surface area contributed by atoms with Crippen LogP contribution in [0.3, 0.4) is 0 Å². The Morgan fingerprint density at radius 1 is 1.20 bits per heavy atom. The van der Waals surface area contributed by atoms with Crippen molar-refractivity contribution >= 4 is 34.1 Å². The number of fused-ring (bicyclic) bond motifs is 2. The lowest BCUT2D eigenvalue weighted by molar-refractivity contribution is -0.120. The van der Waals surface area contributed by atoms with Crippen molar-refractivity contribution in [1.29, 1.82) is 0 Å². The largest absolute Gasteiger partial charge is 0.361 e. The molecule has 4 rings (SSSR count). The summed E-state index contributed by atoms with van der Waals surface area (Å²) in [6.45, 7) is 0.597. The fraction of sp³-hybridized carbons (Fsp3) is 0.158. The van der Waals surface area contributed by atoms with Gasteiger partial charge in [-0.25, -0.2) is 4.98 Å². The Kier molecular flexibility index (Phi) is 4.15. The Bertz CT molecular complexity index is 1050. The summed E-state index contributed by atoms with van der Waals surface area (Å²) >= 11 is 5.96. The number of aromatic nitrogens is 3. The molecule has 3 aromatic heterocycles. The third-order valence-electron chi connectivity index (χ3n) is 4.20. The third-order valence-corrected chi connectivity index (χ3v) is 4.42. The molecule has 0 saturated carbocycles. The van der Waals surface area contributed by atoms with Crippen molar-refractivity contribution in [2.75, 3.05) is 6.54 Å². The molecule has 0 aliphatic rings. The van der Waals surface area contributed by atoms with E-state index in [1.54, 1.807) is 12.3 Å². The van der Waals surface area contributed by atoms with Crippen LogP contribution < -0.4 is 5.32 Å². The third kappa shape index (κ3) is 3.37. The van der Waals surface area contributed by atoms with Crippen molar-refractivity contribution in [2.45, 2.75) is 12.8 Å². The molecule has 25 heavy (non-hydrogen) atoms. The molecule has 2 N–H and O–H groups in total. The van der Waals surface area contributed by atoms with Crippen LogP contribution in [0, 0.1) is 0 Å². The van der Waals surface area contributed by atoms with Gasteiger partial charge in [0.05, 0.1) is 17.1 Å². The van der Waals surface area contributed by atoms with Crippen LogP contribution in [0.15, 0.2) is 55.0 Å². The van der Waals surface area contributed by atoms with E-state index in [9.17, 15) is 4.79 Å². The Morgan fingerprint density at radius 2 is 2.08 bits per heavy atom. The average molecular weight is 353 g/mol. The number of hydrogen-bond acceptors (Lipinski definition) is 2. The van der Waals surface area contributed by atoms with Gasteiger partial charge in [-0.3, -0.25) is 4.79 Å². The highest BCUT2D eigenvalue weighted by molar-refractivity contribution is 6.30. The fourth-order valence-corrected chi connectivity index (χ4v) is 3.17. The smallest absolute Gasteiger partial charge is 0.226 e. The molecule has 6 heteroatoms. The van der Waals surface area contributed by atoms with Crippen LogP contribution in [0.1, 0.15) is 11.3 Å². The molecule has 0 bridgehead atoms. The van der Waals surface area contributed by atoms with Crippen LogP contribution in [0.5, 0.6) is 0 Å². The first-order chi connectivity index (χ1) is 12.2. The van der Waals surface area contributed by atoms with Crippen LogP contribution >= 0.6 is 11.6 Å². The Morgan fingerprint density at radius 3 is 3.00 bits per heavy atom. The zero-order valence-electron chi connectivity index (χ0n) is 13.5. The van der Waals surface area contributed by atoms with Crippen molar-refractivity contribution in [3.8, 4) is 0 Å². The minimum absolute atomic E-state index is 0.0330. The topological polar surface area (TPSA) is 62.2 Å². The van der Waals surface area contributed by atoms with Gasteiger partial charge in [0.2, 0.25) is 5.91 Å². The van der Waals surface area contributed by atoms with Crippen LogP contribution in [0.2, 0.25) is 5.02 Å². The number of hydrogen-bond donors (Lipinski definition) is 2. The van der Waals surface area contributed by atoms with Crippen molar-refractivity contribution < 1.29 is 4.79 Å². The summed E-state index contributed by atoms with van der Waals surface area (Å²) in [5.41, 5.74) is 3.84. The first-order valence-electron chi connectivity index (χ1n) is 8.14. The second-order valence-corrected chi connectivity index (χ2v) is 6.42. The van der Waals surface area contributed by atoms with Gasteiger partial charge in [0.15, 0.2) is 0 Å². The monoisotopic (exact) mass is 352 g/mol. The van der Waals surface area contributed by atoms with Crippen molar-refractivity contribution in [3.63, 3.8) is 0 Å². The van der Waals surface area contributed by atoms with E-state index in [0.717, 1.165) is 23.3 Å². The molecule has 4 aromatic rings. The maximum atomic E-state index is 12.2. The molecule has 1 amide bonds. The number of benzene rings is 1. The van der Waals surface area contributed by atoms with E-state index >= 15 is 0 Å². The first-order valence-corrected chi connectivity index (χ1v) is 8.52. The van der Waals surface area contributed by atoms with Gasteiger partial charge < -0.3 is 14.7 Å². The molecule has 0 saturated heterocycles. The molecule has 0 spiro atoms. The van der Waals surface area contributed by atoms with Gasteiger partial charge in [-0.05, 0) is 30.2 Å². The number of nitrogens with zero attached hydrogens (tertiary/aromatic N) is 2. The van der Waals surface area contributed by atoms with E-state index in [0.29, 0.717) is 11.6 Å². The van der Waals surface area contributed by atoms with E-state index in [2.05, 4.69) is 21.4 Å². The molecule has 0 aliphatic heterocycles. The number of rotatable bonds is 5. The van der Waals surface area contributed by atoms with E-state index in [1.807, 2.05) is 41.1 Å². The predicted molar refractivity (Wildman–Crippen MR) is 98.9 cm³/mol. The predicted octanol–water partition coefficient (Wildman–Crippen LogP) is 3.37. The number of H-pyrrole nitrogens is 1. The summed E-state index contributed by atoms with van der Waals surface area (Å²) in [6, 6.07) is 11.8. The summed E-state index contributed by atoms with van der Waals surface area (Å²) in [4.78, 5) is 19.8. The fourth-order valence-electron chi connectivity index (χ4n) is 3.00. The van der Waals surface area contributed by atoms with Crippen LogP contribution in [0.25, 0.3) is 16.6 Å². The van der Waals surface area contributed by atoms with Crippen LogP contribution in [0.4, 0.5) is 0 Å². The second kappa shape index (κ2) is 6.61. The standard InChI is InChI=1S/C19H17ClN4O/c20-14-5-6-18-23-15(12-24(18)11-14)9-19(25)21-8-7-13-10-22-17-4-2-1-3-16(13)17/h1-6,10-12,22H,7-9H2,(H,21,25). The van der Waals surface area contributed by atoms with E-state index in [-0.39, 0.29) is 12.3 Å². The number of amides is 1. The van der Waals surface area contributed by atoms with Crippen LogP contribution in [-0.4, -0.2) is 26.8 Å². The minimum Gasteiger partial charge on any atom is -0.361 e. The Hall–Kier alpha value is -2.79. The number of aromatic amines is 1. The van der Waals surface area contributed by atoms with Crippen molar-refractivity contribution in [3.05, 3.63) is 71.3 Å². The molecule has 0 aliphatic carbocycles. The quantitative estimate of drug-likeness (QED) is 0.578. The number of carbonyl (C=O) groups is 1. The number of halogens is 1. The highest BCUT2D eigenvalue weighted by atomic mass is 35.5. The Labute approximate surface area is 149 Å². The van der Waals surface area contributed by atoms with Gasteiger partial charge >= 0.3 is 0 Å². The average Bonchev–Trinajstić information content (AvgIpc) is 3.18. The lowest BCUT2D eigenvalue weighted by atomic mass is 10.1. The van der Waals surface area contributed by atoms with E-state index in [4.69, 9.17) is 11.6 Å². The number of carbonyl (C=O) groups excluding carboxylic acids is 1. The van der Waals surface area contributed by atoms with Gasteiger partial charge in [0.1, 0.15) is 5.65 Å². The minimum atomic E-state index is -0.0330. The molecule has 3 heterocycles. The van der Waals surface area contributed by atoms with E-state index < -0.39 is 0 Å². The molecule has 126 valence electrons. The zero-order chi connectivity index (χ0) is 17.2. The molecule has 0 fully saturated rings. The molecule has 5 nitrogen and oxygen atoms in total. The lowest BCUT2D eigenvalue weighted by Gasteiger charge is -2.03. The molecule has 0 unspecified atom stereocenters. The van der Waals surface area contributed by atoms with Gasteiger partial charge in [0.25, 0.3) is 0 Å². The normalized spacial score (nSPS) is 11.2. The maximum Gasteiger partial charge on any atom is 0.226 e. The van der Waals surface area contributed by atoms with Gasteiger partial charge in [-0.15, -0.1) is 0 Å². The zero-order valence-corrected chi connectivity index (χ0v) is 14.3. The highest BCUT2D eigenvalue weighted by Crippen LogP contribution is 2.17. The van der Waals surface area contributed by atoms with Crippen molar-refractivity contribution in [1.82, 2.24) is 19.7 Å². The summed E-state index contributed by atoms with van der Waals surface area (Å²) in [6.07, 6.45) is 6.66. The summed E-state index contributed by atoms with van der Waals surface area (Å²) in [7, 11) is 0. The molecule has 0 atom stereocenters. The summed E-state index contributed by atoms with van der Waals surface area (Å²) in [5.74, 6) is -0.0330. The second-order valence-electron chi connectivity index (χ2n) is 5.98. The molecule has 1 aromatic carbocycles. The maximum absolute atomic E-state index is 12.2. The molecule has 0 radical (unpaired) electrons. The number of para-hydroxylation sites is 1. The van der Waals surface area contributed by atoms with Gasteiger partial charge in [-0.2, -0.15) is 0 Å². The Balaban J connectivity index is 1.35. The highest BCUT2D eigenvalue weighted by Gasteiger charge is 2.08. The number of nitrogens with one attached hydrogen (secondary N) is 2. The number of imidazole rings is 1. The summed E-state index contributed by atoms with van der Waals surface area (Å²) in [5, 5.41) is 4.80. The number of pyridine rings is 1. The lowest BCUT2D eigenvalue weighted by Crippen LogP contribution is -2.27.